The number of aromatic amines is 1. The van der Waals surface area contributed by atoms with Crippen molar-refractivity contribution < 1.29 is 0 Å². The summed E-state index contributed by atoms with van der Waals surface area (Å²) < 4.78 is 1.11. The Kier molecular flexibility index (Phi) is 3.08. The monoisotopic (exact) mass is 217 g/mol. The van der Waals surface area contributed by atoms with E-state index in [1.54, 1.807) is 0 Å². The van der Waals surface area contributed by atoms with E-state index in [-0.39, 0.29) is 0 Å². The Morgan fingerprint density at radius 2 is 2.36 bits per heavy atom. The van der Waals surface area contributed by atoms with Crippen LogP contribution in [0.4, 0.5) is 0 Å². The van der Waals surface area contributed by atoms with Gasteiger partial charge in [-0.2, -0.15) is 5.10 Å². The van der Waals surface area contributed by atoms with Crippen molar-refractivity contribution in [3.63, 3.8) is 0 Å². The number of hydrogen-bond donors (Lipinski definition) is 2. The smallest absolute Gasteiger partial charge is 0.0764 e. The van der Waals surface area contributed by atoms with Crippen LogP contribution in [0.2, 0.25) is 0 Å². The highest BCUT2D eigenvalue weighted by Crippen LogP contribution is 2.18. The van der Waals surface area contributed by atoms with Gasteiger partial charge >= 0.3 is 0 Å². The number of nitrogens with one attached hydrogen (secondary N) is 2. The maximum absolute atomic E-state index is 4.14. The molecule has 1 aromatic heterocycles. The van der Waals surface area contributed by atoms with Crippen LogP contribution in [0.5, 0.6) is 0 Å². The predicted molar refractivity (Wildman–Crippen MR) is 48.4 cm³/mol. The summed E-state index contributed by atoms with van der Waals surface area (Å²) in [4.78, 5) is 0. The first-order valence-electron chi connectivity index (χ1n) is 3.65. The van der Waals surface area contributed by atoms with Gasteiger partial charge in [-0.15, -0.1) is 0 Å². The zero-order valence-electron chi connectivity index (χ0n) is 6.74. The number of nitrogens with zero attached hydrogens (tertiary/aromatic N) is 1. The molecule has 0 fully saturated rings. The molecule has 0 aromatic carbocycles. The number of H-pyrrole nitrogens is 1. The van der Waals surface area contributed by atoms with Gasteiger partial charge in [-0.05, 0) is 29.4 Å². The highest BCUT2D eigenvalue weighted by molar-refractivity contribution is 9.10. The van der Waals surface area contributed by atoms with Crippen LogP contribution in [0.1, 0.15) is 18.3 Å². The average Bonchev–Trinajstić information content (AvgIpc) is 2.34. The number of rotatable bonds is 3. The summed E-state index contributed by atoms with van der Waals surface area (Å²) >= 11 is 3.48. The first kappa shape index (κ1) is 8.74. The molecule has 11 heavy (non-hydrogen) atoms. The fourth-order valence-corrected chi connectivity index (χ4v) is 1.53. The summed E-state index contributed by atoms with van der Waals surface area (Å²) in [5.74, 6) is 0. The second kappa shape index (κ2) is 3.88. The first-order chi connectivity index (χ1) is 5.29. The van der Waals surface area contributed by atoms with E-state index in [0.29, 0.717) is 0 Å². The SMILES string of the molecule is CCc1n[nH]c(CNC)c1Br. The Balaban J connectivity index is 2.82. The summed E-state index contributed by atoms with van der Waals surface area (Å²) in [7, 11) is 1.92. The highest BCUT2D eigenvalue weighted by Gasteiger charge is 2.06. The molecular weight excluding hydrogens is 206 g/mol. The van der Waals surface area contributed by atoms with E-state index in [1.807, 2.05) is 7.05 Å². The molecule has 0 bridgehead atoms. The van der Waals surface area contributed by atoms with E-state index in [4.69, 9.17) is 0 Å². The quantitative estimate of drug-likeness (QED) is 0.806. The Hall–Kier alpha value is -0.350. The van der Waals surface area contributed by atoms with Crippen molar-refractivity contribution in [2.45, 2.75) is 19.9 Å². The molecule has 0 unspecified atom stereocenters. The minimum Gasteiger partial charge on any atom is -0.314 e. The standard InChI is InChI=1S/C7H12BrN3/c1-3-5-7(8)6(4-9-2)11-10-5/h9H,3-4H2,1-2H3,(H,10,11). The van der Waals surface area contributed by atoms with Crippen molar-refractivity contribution in [1.29, 1.82) is 0 Å². The molecule has 0 aliphatic rings. The molecule has 0 spiro atoms. The van der Waals surface area contributed by atoms with Gasteiger partial charge in [0, 0.05) is 6.54 Å². The summed E-state index contributed by atoms with van der Waals surface area (Å²) in [6.07, 6.45) is 0.959. The lowest BCUT2D eigenvalue weighted by Crippen LogP contribution is -2.05. The van der Waals surface area contributed by atoms with Gasteiger partial charge in [-0.3, -0.25) is 5.10 Å². The summed E-state index contributed by atoms with van der Waals surface area (Å²) in [5, 5.41) is 10.2. The molecule has 0 saturated heterocycles. The molecule has 1 rings (SSSR count). The Morgan fingerprint density at radius 3 is 2.82 bits per heavy atom. The Bertz CT molecular complexity index is 232. The lowest BCUT2D eigenvalue weighted by atomic mass is 10.3. The van der Waals surface area contributed by atoms with Crippen LogP contribution >= 0.6 is 15.9 Å². The third-order valence-corrected chi connectivity index (χ3v) is 2.47. The van der Waals surface area contributed by atoms with Gasteiger partial charge in [-0.1, -0.05) is 6.92 Å². The van der Waals surface area contributed by atoms with Crippen LogP contribution < -0.4 is 5.32 Å². The average molecular weight is 218 g/mol. The van der Waals surface area contributed by atoms with Crippen molar-refractivity contribution in [3.05, 3.63) is 15.9 Å². The summed E-state index contributed by atoms with van der Waals surface area (Å²) in [6, 6.07) is 0. The fourth-order valence-electron chi connectivity index (χ4n) is 0.935. The van der Waals surface area contributed by atoms with Gasteiger partial charge in [0.05, 0.1) is 15.9 Å². The van der Waals surface area contributed by atoms with Crippen molar-refractivity contribution >= 4 is 15.9 Å². The third-order valence-electron chi connectivity index (χ3n) is 1.53. The molecule has 2 N–H and O–H groups in total. The number of hydrogen-bond acceptors (Lipinski definition) is 2. The number of halogens is 1. The molecule has 4 heteroatoms. The minimum absolute atomic E-state index is 0.827. The van der Waals surface area contributed by atoms with Gasteiger partial charge < -0.3 is 5.32 Å². The first-order valence-corrected chi connectivity index (χ1v) is 4.45. The van der Waals surface area contributed by atoms with Crippen LogP contribution in [0.25, 0.3) is 0 Å². The predicted octanol–water partition coefficient (Wildman–Crippen LogP) is 1.45. The molecule has 0 amide bonds. The molecule has 0 saturated carbocycles. The topological polar surface area (TPSA) is 40.7 Å². The van der Waals surface area contributed by atoms with Crippen LogP contribution in [-0.2, 0) is 13.0 Å². The molecular formula is C7H12BrN3. The van der Waals surface area contributed by atoms with Crippen molar-refractivity contribution in [3.8, 4) is 0 Å². The van der Waals surface area contributed by atoms with Crippen molar-refractivity contribution in [1.82, 2.24) is 15.5 Å². The van der Waals surface area contributed by atoms with Crippen LogP contribution in [0, 0.1) is 0 Å². The second-order valence-electron chi connectivity index (χ2n) is 2.35. The van der Waals surface area contributed by atoms with Crippen molar-refractivity contribution in [2.24, 2.45) is 0 Å². The van der Waals surface area contributed by atoms with Crippen molar-refractivity contribution in [2.75, 3.05) is 7.05 Å². The van der Waals surface area contributed by atoms with Gasteiger partial charge in [0.15, 0.2) is 0 Å². The minimum atomic E-state index is 0.827. The van der Waals surface area contributed by atoms with Gasteiger partial charge in [0.2, 0.25) is 0 Å². The zero-order chi connectivity index (χ0) is 8.27. The van der Waals surface area contributed by atoms with Gasteiger partial charge in [0.25, 0.3) is 0 Å². The van der Waals surface area contributed by atoms with Gasteiger partial charge in [0.1, 0.15) is 0 Å². The molecule has 0 aliphatic heterocycles. The van der Waals surface area contributed by atoms with Crippen LogP contribution in [0.3, 0.4) is 0 Å². The molecule has 3 nitrogen and oxygen atoms in total. The molecule has 0 atom stereocenters. The summed E-state index contributed by atoms with van der Waals surface area (Å²) in [6.45, 7) is 2.91. The van der Waals surface area contributed by atoms with E-state index in [0.717, 1.165) is 28.8 Å². The van der Waals surface area contributed by atoms with E-state index < -0.39 is 0 Å². The lowest BCUT2D eigenvalue weighted by Gasteiger charge is -1.94. The van der Waals surface area contributed by atoms with E-state index >= 15 is 0 Å². The Labute approximate surface area is 74.7 Å². The number of aryl methyl sites for hydroxylation is 1. The van der Waals surface area contributed by atoms with Crippen LogP contribution in [-0.4, -0.2) is 17.2 Å². The van der Waals surface area contributed by atoms with Crippen LogP contribution in [0.15, 0.2) is 4.47 Å². The molecule has 1 heterocycles. The third kappa shape index (κ3) is 1.81. The van der Waals surface area contributed by atoms with E-state index in [9.17, 15) is 0 Å². The van der Waals surface area contributed by atoms with E-state index in [2.05, 4.69) is 38.4 Å². The molecule has 62 valence electrons. The molecule has 1 aromatic rings. The normalized spacial score (nSPS) is 10.5. The summed E-state index contributed by atoms with van der Waals surface area (Å²) in [5.41, 5.74) is 2.21. The zero-order valence-corrected chi connectivity index (χ0v) is 8.33. The Morgan fingerprint density at radius 1 is 1.64 bits per heavy atom. The van der Waals surface area contributed by atoms with Gasteiger partial charge in [-0.25, -0.2) is 0 Å². The fraction of sp³-hybridized carbons (Fsp3) is 0.571. The number of aromatic nitrogens is 2. The maximum Gasteiger partial charge on any atom is 0.0764 e. The molecule has 0 radical (unpaired) electrons. The highest BCUT2D eigenvalue weighted by atomic mass is 79.9. The largest absolute Gasteiger partial charge is 0.314 e. The maximum atomic E-state index is 4.14. The molecule has 0 aliphatic carbocycles. The van der Waals surface area contributed by atoms with E-state index in [1.165, 1.54) is 0 Å². The lowest BCUT2D eigenvalue weighted by molar-refractivity contribution is 0.781. The second-order valence-corrected chi connectivity index (χ2v) is 3.14.